The maximum atomic E-state index is 5.83. The number of rotatable bonds is 3. The van der Waals surface area contributed by atoms with Crippen molar-refractivity contribution in [1.82, 2.24) is 4.98 Å². The van der Waals surface area contributed by atoms with Crippen LogP contribution in [0.25, 0.3) is 10.9 Å². The van der Waals surface area contributed by atoms with Crippen LogP contribution in [0, 0.1) is 0 Å². The number of nitrogens with two attached hydrogens (primary N) is 1. The van der Waals surface area contributed by atoms with Gasteiger partial charge in [-0.3, -0.25) is 0 Å². The maximum absolute atomic E-state index is 5.83. The molecule has 1 saturated heterocycles. The SMILES string of the molecule is CC1CN(c2nc3ccccc3cc2CCN)CC(C)O1. The lowest BCUT2D eigenvalue weighted by Gasteiger charge is -2.37. The molecule has 0 saturated carbocycles. The van der Waals surface area contributed by atoms with Gasteiger partial charge in [-0.15, -0.1) is 0 Å². The zero-order chi connectivity index (χ0) is 14.8. The van der Waals surface area contributed by atoms with Gasteiger partial charge in [0.1, 0.15) is 5.82 Å². The Labute approximate surface area is 125 Å². The van der Waals surface area contributed by atoms with Crippen molar-refractivity contribution in [3.8, 4) is 0 Å². The third-order valence-electron chi connectivity index (χ3n) is 3.91. The Morgan fingerprint density at radius 1 is 1.24 bits per heavy atom. The summed E-state index contributed by atoms with van der Waals surface area (Å²) < 4.78 is 5.83. The minimum atomic E-state index is 0.229. The van der Waals surface area contributed by atoms with Crippen LogP contribution in [0.3, 0.4) is 0 Å². The number of hydrogen-bond acceptors (Lipinski definition) is 4. The largest absolute Gasteiger partial charge is 0.372 e. The Morgan fingerprint density at radius 3 is 2.67 bits per heavy atom. The number of fused-ring (bicyclic) bond motifs is 1. The molecule has 3 rings (SSSR count). The summed E-state index contributed by atoms with van der Waals surface area (Å²) >= 11 is 0. The molecule has 1 aromatic carbocycles. The zero-order valence-electron chi connectivity index (χ0n) is 12.7. The number of anilines is 1. The van der Waals surface area contributed by atoms with Crippen molar-refractivity contribution in [2.24, 2.45) is 5.73 Å². The first-order valence-electron chi connectivity index (χ1n) is 7.66. The summed E-state index contributed by atoms with van der Waals surface area (Å²) in [7, 11) is 0. The number of morpholine rings is 1. The molecule has 0 spiro atoms. The van der Waals surface area contributed by atoms with Crippen LogP contribution in [-0.2, 0) is 11.2 Å². The van der Waals surface area contributed by atoms with Gasteiger partial charge in [-0.1, -0.05) is 18.2 Å². The summed E-state index contributed by atoms with van der Waals surface area (Å²) in [6, 6.07) is 10.5. The molecule has 1 fully saturated rings. The molecule has 0 amide bonds. The van der Waals surface area contributed by atoms with E-state index in [1.54, 1.807) is 0 Å². The first kappa shape index (κ1) is 14.3. The Balaban J connectivity index is 2.04. The summed E-state index contributed by atoms with van der Waals surface area (Å²) in [6.07, 6.45) is 1.31. The highest BCUT2D eigenvalue weighted by molar-refractivity contribution is 5.81. The third-order valence-corrected chi connectivity index (χ3v) is 3.91. The van der Waals surface area contributed by atoms with Gasteiger partial charge in [0.15, 0.2) is 0 Å². The molecule has 1 aliphatic heterocycles. The Morgan fingerprint density at radius 2 is 1.95 bits per heavy atom. The fraction of sp³-hybridized carbons (Fsp3) is 0.471. The Kier molecular flexibility index (Phi) is 4.08. The second-order valence-electron chi connectivity index (χ2n) is 5.86. The van der Waals surface area contributed by atoms with Crippen molar-refractivity contribution in [3.05, 3.63) is 35.9 Å². The molecule has 2 atom stereocenters. The third kappa shape index (κ3) is 3.01. The van der Waals surface area contributed by atoms with Gasteiger partial charge < -0.3 is 15.4 Å². The molecule has 2 aromatic rings. The van der Waals surface area contributed by atoms with Crippen LogP contribution < -0.4 is 10.6 Å². The van der Waals surface area contributed by atoms with Crippen molar-refractivity contribution < 1.29 is 4.74 Å². The molecular weight excluding hydrogens is 262 g/mol. The van der Waals surface area contributed by atoms with Gasteiger partial charge in [0.2, 0.25) is 0 Å². The summed E-state index contributed by atoms with van der Waals surface area (Å²) in [5.41, 5.74) is 8.06. The normalized spacial score (nSPS) is 22.7. The number of hydrogen-bond donors (Lipinski definition) is 1. The standard InChI is InChI=1S/C17H23N3O/c1-12-10-20(11-13(2)21-12)17-15(7-8-18)9-14-5-3-4-6-16(14)19-17/h3-6,9,12-13H,7-8,10-11,18H2,1-2H3. The van der Waals surface area contributed by atoms with E-state index in [9.17, 15) is 0 Å². The molecule has 2 N–H and O–H groups in total. The van der Waals surface area contributed by atoms with Gasteiger partial charge in [-0.05, 0) is 44.5 Å². The van der Waals surface area contributed by atoms with E-state index in [-0.39, 0.29) is 12.2 Å². The molecule has 0 bridgehead atoms. The Bertz CT molecular complexity index is 618. The lowest BCUT2D eigenvalue weighted by Crippen LogP contribution is -2.46. The van der Waals surface area contributed by atoms with Crippen molar-refractivity contribution in [1.29, 1.82) is 0 Å². The van der Waals surface area contributed by atoms with E-state index in [1.165, 1.54) is 10.9 Å². The lowest BCUT2D eigenvalue weighted by atomic mass is 10.1. The van der Waals surface area contributed by atoms with Gasteiger partial charge in [0.05, 0.1) is 17.7 Å². The highest BCUT2D eigenvalue weighted by atomic mass is 16.5. The van der Waals surface area contributed by atoms with Gasteiger partial charge in [-0.25, -0.2) is 4.98 Å². The fourth-order valence-corrected chi connectivity index (χ4v) is 3.11. The number of ether oxygens (including phenoxy) is 1. The number of pyridine rings is 1. The number of nitrogens with zero attached hydrogens (tertiary/aromatic N) is 2. The van der Waals surface area contributed by atoms with E-state index in [4.69, 9.17) is 15.5 Å². The predicted octanol–water partition coefficient (Wildman–Crippen LogP) is 2.35. The van der Waals surface area contributed by atoms with E-state index in [1.807, 2.05) is 6.07 Å². The molecule has 0 radical (unpaired) electrons. The average Bonchev–Trinajstić information content (AvgIpc) is 2.46. The molecule has 2 unspecified atom stereocenters. The predicted molar refractivity (Wildman–Crippen MR) is 86.7 cm³/mol. The first-order chi connectivity index (χ1) is 10.2. The highest BCUT2D eigenvalue weighted by Gasteiger charge is 2.25. The van der Waals surface area contributed by atoms with Crippen LogP contribution in [-0.4, -0.2) is 36.8 Å². The average molecular weight is 285 g/mol. The summed E-state index contributed by atoms with van der Waals surface area (Å²) in [4.78, 5) is 7.24. The smallest absolute Gasteiger partial charge is 0.132 e. The first-order valence-corrected chi connectivity index (χ1v) is 7.66. The van der Waals surface area contributed by atoms with Crippen LogP contribution in [0.15, 0.2) is 30.3 Å². The molecule has 112 valence electrons. The van der Waals surface area contributed by atoms with Crippen LogP contribution >= 0.6 is 0 Å². The van der Waals surface area contributed by atoms with E-state index in [0.29, 0.717) is 6.54 Å². The van der Waals surface area contributed by atoms with Crippen molar-refractivity contribution in [2.75, 3.05) is 24.5 Å². The summed E-state index contributed by atoms with van der Waals surface area (Å²) in [6.45, 7) is 6.64. The van der Waals surface area contributed by atoms with Crippen LogP contribution in [0.4, 0.5) is 5.82 Å². The van der Waals surface area contributed by atoms with Gasteiger partial charge >= 0.3 is 0 Å². The molecule has 1 aromatic heterocycles. The molecular formula is C17H23N3O. The van der Waals surface area contributed by atoms with Crippen molar-refractivity contribution in [3.63, 3.8) is 0 Å². The molecule has 0 aliphatic carbocycles. The topological polar surface area (TPSA) is 51.4 Å². The second kappa shape index (κ2) is 6.00. The van der Waals surface area contributed by atoms with E-state index in [0.717, 1.165) is 30.8 Å². The van der Waals surface area contributed by atoms with Gasteiger partial charge in [0, 0.05) is 18.5 Å². The van der Waals surface area contributed by atoms with Gasteiger partial charge in [0.25, 0.3) is 0 Å². The summed E-state index contributed by atoms with van der Waals surface area (Å²) in [5, 5.41) is 1.18. The highest BCUT2D eigenvalue weighted by Crippen LogP contribution is 2.26. The Hall–Kier alpha value is -1.65. The quantitative estimate of drug-likeness (QED) is 0.940. The number of para-hydroxylation sites is 1. The maximum Gasteiger partial charge on any atom is 0.132 e. The fourth-order valence-electron chi connectivity index (χ4n) is 3.11. The van der Waals surface area contributed by atoms with Crippen LogP contribution in [0.5, 0.6) is 0 Å². The molecule has 4 nitrogen and oxygen atoms in total. The van der Waals surface area contributed by atoms with Crippen molar-refractivity contribution >= 4 is 16.7 Å². The minimum absolute atomic E-state index is 0.229. The minimum Gasteiger partial charge on any atom is -0.372 e. The monoisotopic (exact) mass is 285 g/mol. The number of benzene rings is 1. The zero-order valence-corrected chi connectivity index (χ0v) is 12.7. The molecule has 21 heavy (non-hydrogen) atoms. The van der Waals surface area contributed by atoms with E-state index >= 15 is 0 Å². The van der Waals surface area contributed by atoms with Crippen molar-refractivity contribution in [2.45, 2.75) is 32.5 Å². The van der Waals surface area contributed by atoms with E-state index in [2.05, 4.69) is 43.0 Å². The second-order valence-corrected chi connectivity index (χ2v) is 5.86. The lowest BCUT2D eigenvalue weighted by molar-refractivity contribution is -0.00548. The van der Waals surface area contributed by atoms with Crippen LogP contribution in [0.1, 0.15) is 19.4 Å². The summed E-state index contributed by atoms with van der Waals surface area (Å²) in [5.74, 6) is 1.07. The number of aromatic nitrogens is 1. The molecule has 1 aliphatic rings. The molecule has 2 heterocycles. The van der Waals surface area contributed by atoms with E-state index < -0.39 is 0 Å². The van der Waals surface area contributed by atoms with Crippen LogP contribution in [0.2, 0.25) is 0 Å². The molecule has 4 heteroatoms. The van der Waals surface area contributed by atoms with Gasteiger partial charge in [-0.2, -0.15) is 0 Å².